The van der Waals surface area contributed by atoms with Gasteiger partial charge in [-0.1, -0.05) is 25.7 Å². The standard InChI is InChI=1S/C18H28N2O2S/c1-18-11-10-16(21)20(18)15(12-23-18)17(22)19(13-6-2-3-7-13)14-8-4-5-9-14/h13-15H,2-12H2,1H3/t15-,18+/m1/s1. The highest BCUT2D eigenvalue weighted by Gasteiger charge is 2.54. The molecule has 5 heteroatoms. The van der Waals surface area contributed by atoms with Crippen LogP contribution in [0, 0.1) is 0 Å². The van der Waals surface area contributed by atoms with Crippen molar-refractivity contribution in [3.05, 3.63) is 0 Å². The van der Waals surface area contributed by atoms with Gasteiger partial charge >= 0.3 is 0 Å². The maximum atomic E-state index is 13.5. The van der Waals surface area contributed by atoms with Gasteiger partial charge in [-0.05, 0) is 39.0 Å². The Bertz CT molecular complexity index is 483. The van der Waals surface area contributed by atoms with Gasteiger partial charge in [0.15, 0.2) is 0 Å². The number of hydrogen-bond acceptors (Lipinski definition) is 3. The second-order valence-corrected chi connectivity index (χ2v) is 9.39. The largest absolute Gasteiger partial charge is 0.335 e. The SMILES string of the molecule is C[C@]12CCC(=O)N1[C@@H](C(=O)N(C1CCCC1)C1CCCC1)CS2. The lowest BCUT2D eigenvalue weighted by atomic mass is 10.1. The van der Waals surface area contributed by atoms with Gasteiger partial charge in [0.2, 0.25) is 11.8 Å². The second kappa shape index (κ2) is 5.98. The molecular formula is C18H28N2O2S. The predicted molar refractivity (Wildman–Crippen MR) is 92.1 cm³/mol. The molecule has 4 nitrogen and oxygen atoms in total. The van der Waals surface area contributed by atoms with Crippen molar-refractivity contribution < 1.29 is 9.59 Å². The van der Waals surface area contributed by atoms with Gasteiger partial charge in [-0.15, -0.1) is 11.8 Å². The maximum absolute atomic E-state index is 13.5. The highest BCUT2D eigenvalue weighted by Crippen LogP contribution is 2.48. The van der Waals surface area contributed by atoms with E-state index in [1.165, 1.54) is 25.7 Å². The zero-order valence-corrected chi connectivity index (χ0v) is 14.9. The minimum absolute atomic E-state index is 0.131. The normalized spacial score (nSPS) is 35.3. The molecule has 2 atom stereocenters. The smallest absolute Gasteiger partial charge is 0.246 e. The van der Waals surface area contributed by atoms with E-state index in [1.807, 2.05) is 16.7 Å². The van der Waals surface area contributed by atoms with Crippen molar-refractivity contribution >= 4 is 23.6 Å². The fourth-order valence-corrected chi connectivity index (χ4v) is 6.62. The molecule has 2 aliphatic carbocycles. The summed E-state index contributed by atoms with van der Waals surface area (Å²) in [5, 5.41) is 0. The van der Waals surface area contributed by atoms with Gasteiger partial charge < -0.3 is 9.80 Å². The Morgan fingerprint density at radius 1 is 1.13 bits per heavy atom. The molecular weight excluding hydrogens is 308 g/mol. The zero-order chi connectivity index (χ0) is 16.0. The molecule has 0 spiro atoms. The van der Waals surface area contributed by atoms with Gasteiger partial charge in [-0.25, -0.2) is 0 Å². The summed E-state index contributed by atoms with van der Waals surface area (Å²) in [6, 6.07) is 0.654. The third-order valence-electron chi connectivity index (χ3n) is 6.42. The van der Waals surface area contributed by atoms with Gasteiger partial charge in [0.05, 0.1) is 4.87 Å². The van der Waals surface area contributed by atoms with Crippen LogP contribution in [0.5, 0.6) is 0 Å². The van der Waals surface area contributed by atoms with Gasteiger partial charge in [-0.3, -0.25) is 9.59 Å². The quantitative estimate of drug-likeness (QED) is 0.795. The molecule has 0 bridgehead atoms. The number of thioether (sulfide) groups is 1. The number of carbonyl (C=O) groups is 2. The van der Waals surface area contributed by atoms with Crippen LogP contribution in [0.2, 0.25) is 0 Å². The molecule has 2 heterocycles. The Hall–Kier alpha value is -0.710. The lowest BCUT2D eigenvalue weighted by molar-refractivity contribution is -0.147. The van der Waals surface area contributed by atoms with Crippen LogP contribution in [-0.2, 0) is 9.59 Å². The number of carbonyl (C=O) groups excluding carboxylic acids is 2. The molecule has 23 heavy (non-hydrogen) atoms. The maximum Gasteiger partial charge on any atom is 0.246 e. The van der Waals surface area contributed by atoms with Crippen LogP contribution >= 0.6 is 11.8 Å². The van der Waals surface area contributed by atoms with E-state index in [-0.39, 0.29) is 22.7 Å². The molecule has 2 saturated heterocycles. The Labute approximate surface area is 143 Å². The lowest BCUT2D eigenvalue weighted by Crippen LogP contribution is -2.55. The highest BCUT2D eigenvalue weighted by atomic mass is 32.2. The molecule has 4 fully saturated rings. The molecule has 4 aliphatic rings. The average Bonchev–Trinajstić information content (AvgIpc) is 3.27. The van der Waals surface area contributed by atoms with Crippen molar-refractivity contribution in [3.8, 4) is 0 Å². The highest BCUT2D eigenvalue weighted by molar-refractivity contribution is 8.01. The third kappa shape index (κ3) is 2.59. The Kier molecular flexibility index (Phi) is 4.11. The van der Waals surface area contributed by atoms with Gasteiger partial charge in [-0.2, -0.15) is 0 Å². The van der Waals surface area contributed by atoms with E-state index in [2.05, 4.69) is 11.8 Å². The summed E-state index contributed by atoms with van der Waals surface area (Å²) < 4.78 is 0. The lowest BCUT2D eigenvalue weighted by Gasteiger charge is -2.39. The number of nitrogens with zero attached hydrogens (tertiary/aromatic N) is 2. The first-order valence-electron chi connectivity index (χ1n) is 9.38. The van der Waals surface area contributed by atoms with E-state index >= 15 is 0 Å². The van der Waals surface area contributed by atoms with E-state index in [0.717, 1.165) is 37.9 Å². The monoisotopic (exact) mass is 336 g/mol. The van der Waals surface area contributed by atoms with Crippen LogP contribution in [0.4, 0.5) is 0 Å². The van der Waals surface area contributed by atoms with Crippen LogP contribution in [0.25, 0.3) is 0 Å². The number of rotatable bonds is 3. The molecule has 0 aromatic carbocycles. The molecule has 2 aliphatic heterocycles. The van der Waals surface area contributed by atoms with Gasteiger partial charge in [0.25, 0.3) is 0 Å². The summed E-state index contributed by atoms with van der Waals surface area (Å²) in [4.78, 5) is 29.9. The van der Waals surface area contributed by atoms with Crippen LogP contribution < -0.4 is 0 Å². The molecule has 0 unspecified atom stereocenters. The number of fused-ring (bicyclic) bond motifs is 1. The van der Waals surface area contributed by atoms with Crippen molar-refractivity contribution in [2.24, 2.45) is 0 Å². The summed E-state index contributed by atoms with van der Waals surface area (Å²) in [5.41, 5.74) is 0. The van der Waals surface area contributed by atoms with Crippen molar-refractivity contribution in [2.75, 3.05) is 5.75 Å². The first-order chi connectivity index (χ1) is 11.1. The third-order valence-corrected chi connectivity index (χ3v) is 7.93. The molecule has 0 aromatic rings. The number of hydrogen-bond donors (Lipinski definition) is 0. The van der Waals surface area contributed by atoms with E-state index in [4.69, 9.17) is 0 Å². The Morgan fingerprint density at radius 3 is 2.26 bits per heavy atom. The van der Waals surface area contributed by atoms with Gasteiger partial charge in [0, 0.05) is 24.3 Å². The molecule has 0 aromatic heterocycles. The molecule has 128 valence electrons. The Balaban J connectivity index is 1.58. The van der Waals surface area contributed by atoms with E-state index in [0.29, 0.717) is 18.5 Å². The summed E-state index contributed by atoms with van der Waals surface area (Å²) in [5.74, 6) is 1.24. The van der Waals surface area contributed by atoms with Crippen LogP contribution in [-0.4, -0.2) is 50.4 Å². The minimum atomic E-state index is -0.207. The zero-order valence-electron chi connectivity index (χ0n) is 14.1. The molecule has 0 N–H and O–H groups in total. The first-order valence-corrected chi connectivity index (χ1v) is 10.4. The van der Waals surface area contributed by atoms with Crippen molar-refractivity contribution in [2.45, 2.75) is 94.1 Å². The summed E-state index contributed by atoms with van der Waals surface area (Å²) >= 11 is 1.82. The van der Waals surface area contributed by atoms with Crippen molar-refractivity contribution in [3.63, 3.8) is 0 Å². The summed E-state index contributed by atoms with van der Waals surface area (Å²) in [6.45, 7) is 2.14. The minimum Gasteiger partial charge on any atom is -0.335 e. The van der Waals surface area contributed by atoms with Crippen LogP contribution in [0.3, 0.4) is 0 Å². The van der Waals surface area contributed by atoms with E-state index < -0.39 is 0 Å². The van der Waals surface area contributed by atoms with Crippen LogP contribution in [0.1, 0.15) is 71.1 Å². The fraction of sp³-hybridized carbons (Fsp3) is 0.889. The fourth-order valence-electron chi connectivity index (χ4n) is 5.20. The molecule has 0 radical (unpaired) electrons. The molecule has 2 saturated carbocycles. The molecule has 2 amide bonds. The average molecular weight is 337 g/mol. The van der Waals surface area contributed by atoms with Crippen molar-refractivity contribution in [1.82, 2.24) is 9.80 Å². The Morgan fingerprint density at radius 2 is 1.70 bits per heavy atom. The van der Waals surface area contributed by atoms with Crippen molar-refractivity contribution in [1.29, 1.82) is 0 Å². The van der Waals surface area contributed by atoms with E-state index in [1.54, 1.807) is 0 Å². The first kappa shape index (κ1) is 15.8. The van der Waals surface area contributed by atoms with E-state index in [9.17, 15) is 9.59 Å². The summed E-state index contributed by atoms with van der Waals surface area (Å²) in [7, 11) is 0. The van der Waals surface area contributed by atoms with Gasteiger partial charge in [0.1, 0.15) is 6.04 Å². The van der Waals surface area contributed by atoms with Crippen LogP contribution in [0.15, 0.2) is 0 Å². The second-order valence-electron chi connectivity index (χ2n) is 7.89. The molecule has 4 rings (SSSR count). The summed E-state index contributed by atoms with van der Waals surface area (Å²) in [6.07, 6.45) is 11.2. The topological polar surface area (TPSA) is 40.6 Å². The predicted octanol–water partition coefficient (Wildman–Crippen LogP) is 3.15. The number of amides is 2.